The molecule has 11 nitrogen and oxygen atoms in total. The van der Waals surface area contributed by atoms with Crippen LogP contribution in [0.4, 0.5) is 0 Å². The first-order chi connectivity index (χ1) is 19.7. The number of carboxylic acids is 1. The molecule has 4 aromatic rings. The van der Waals surface area contributed by atoms with Crippen LogP contribution in [0.2, 0.25) is 0 Å². The summed E-state index contributed by atoms with van der Waals surface area (Å²) < 4.78 is 0. The van der Waals surface area contributed by atoms with Crippen molar-refractivity contribution < 1.29 is 24.3 Å². The number of rotatable bonds is 13. The average molecular weight is 597 g/mol. The average Bonchev–Trinajstić information content (AvgIpc) is 3.58. The Balaban J connectivity index is 1.48. The third-order valence-electron chi connectivity index (χ3n) is 6.79. The fourth-order valence-electron chi connectivity index (χ4n) is 4.55. The SMILES string of the molecule is N[C@@H](CS)C(=O)N[C@@H](Cc1c[nH]c2ccccc12)C(=O)N[C@@H](CS)C(=O)N[C@@H](Cc1c[nH]c2ccccc12)C(=O)O. The molecule has 0 aliphatic rings. The Labute approximate surface area is 246 Å². The van der Waals surface area contributed by atoms with Crippen LogP contribution in [0.25, 0.3) is 21.8 Å². The highest BCUT2D eigenvalue weighted by Crippen LogP contribution is 2.20. The normalized spacial score (nSPS) is 14.2. The maximum atomic E-state index is 13.4. The van der Waals surface area contributed by atoms with Gasteiger partial charge in [0.25, 0.3) is 0 Å². The van der Waals surface area contributed by atoms with E-state index in [0.717, 1.165) is 32.9 Å². The molecule has 0 saturated heterocycles. The lowest BCUT2D eigenvalue weighted by Gasteiger charge is -2.24. The van der Waals surface area contributed by atoms with E-state index in [1.165, 1.54) is 0 Å². The van der Waals surface area contributed by atoms with Gasteiger partial charge >= 0.3 is 5.97 Å². The van der Waals surface area contributed by atoms with Gasteiger partial charge in [-0.3, -0.25) is 14.4 Å². The summed E-state index contributed by atoms with van der Waals surface area (Å²) in [6.45, 7) is 0. The third kappa shape index (κ3) is 7.23. The number of para-hydroxylation sites is 2. The zero-order chi connectivity index (χ0) is 29.5. The van der Waals surface area contributed by atoms with Crippen LogP contribution in [0.5, 0.6) is 0 Å². The second-order valence-corrected chi connectivity index (χ2v) is 10.4. The van der Waals surface area contributed by atoms with Crippen LogP contribution >= 0.6 is 25.3 Å². The van der Waals surface area contributed by atoms with Crippen LogP contribution in [-0.2, 0) is 32.0 Å². The van der Waals surface area contributed by atoms with Crippen LogP contribution < -0.4 is 21.7 Å². The number of nitrogens with two attached hydrogens (primary N) is 1. The number of carbonyl (C=O) groups excluding carboxylic acids is 3. The molecular formula is C28H32N6O5S2. The van der Waals surface area contributed by atoms with Gasteiger partial charge in [0, 0.05) is 58.5 Å². The van der Waals surface area contributed by atoms with Crippen molar-refractivity contribution in [2.45, 2.75) is 37.0 Å². The largest absolute Gasteiger partial charge is 0.480 e. The first kappa shape index (κ1) is 30.0. The first-order valence-corrected chi connectivity index (χ1v) is 14.2. The van der Waals surface area contributed by atoms with Crippen molar-refractivity contribution in [1.29, 1.82) is 0 Å². The highest BCUT2D eigenvalue weighted by molar-refractivity contribution is 7.80. The number of thiol groups is 2. The van der Waals surface area contributed by atoms with Crippen molar-refractivity contribution in [1.82, 2.24) is 25.9 Å². The van der Waals surface area contributed by atoms with E-state index in [2.05, 4.69) is 51.2 Å². The smallest absolute Gasteiger partial charge is 0.326 e. The van der Waals surface area contributed by atoms with Gasteiger partial charge in [-0.05, 0) is 23.3 Å². The maximum Gasteiger partial charge on any atom is 0.326 e. The summed E-state index contributed by atoms with van der Waals surface area (Å²) in [5.74, 6) is -3.20. The minimum Gasteiger partial charge on any atom is -0.480 e. The summed E-state index contributed by atoms with van der Waals surface area (Å²) in [4.78, 5) is 57.4. The molecule has 41 heavy (non-hydrogen) atoms. The van der Waals surface area contributed by atoms with Gasteiger partial charge in [-0.2, -0.15) is 25.3 Å². The fourth-order valence-corrected chi connectivity index (χ4v) is 4.97. The van der Waals surface area contributed by atoms with Crippen molar-refractivity contribution in [3.8, 4) is 0 Å². The Kier molecular flexibility index (Phi) is 9.97. The molecule has 8 N–H and O–H groups in total. The number of aromatic amines is 2. The Bertz CT molecular complexity index is 1550. The molecule has 2 aromatic heterocycles. The van der Waals surface area contributed by atoms with Gasteiger partial charge in [0.2, 0.25) is 17.7 Å². The molecule has 2 aromatic carbocycles. The molecule has 3 amide bonds. The highest BCUT2D eigenvalue weighted by Gasteiger charge is 2.30. The molecule has 0 saturated carbocycles. The maximum absolute atomic E-state index is 13.4. The van der Waals surface area contributed by atoms with Gasteiger partial charge < -0.3 is 36.8 Å². The predicted molar refractivity (Wildman–Crippen MR) is 163 cm³/mol. The molecule has 0 unspecified atom stereocenters. The third-order valence-corrected chi connectivity index (χ3v) is 7.55. The number of carbonyl (C=O) groups is 4. The molecule has 0 fully saturated rings. The summed E-state index contributed by atoms with van der Waals surface area (Å²) in [6, 6.07) is 10.5. The number of H-pyrrole nitrogens is 2. The Morgan fingerprint density at radius 3 is 1.68 bits per heavy atom. The van der Waals surface area contributed by atoms with E-state index in [0.29, 0.717) is 0 Å². The summed E-state index contributed by atoms with van der Waals surface area (Å²) in [6.07, 6.45) is 3.60. The Morgan fingerprint density at radius 1 is 0.707 bits per heavy atom. The van der Waals surface area contributed by atoms with Crippen LogP contribution in [0.1, 0.15) is 11.1 Å². The lowest BCUT2D eigenvalue weighted by molar-refractivity contribution is -0.142. The van der Waals surface area contributed by atoms with Crippen molar-refractivity contribution in [2.75, 3.05) is 11.5 Å². The molecular weight excluding hydrogens is 564 g/mol. The molecule has 0 aliphatic heterocycles. The second kappa shape index (κ2) is 13.6. The van der Waals surface area contributed by atoms with Crippen molar-refractivity contribution in [3.05, 3.63) is 72.1 Å². The van der Waals surface area contributed by atoms with Gasteiger partial charge in [0.1, 0.15) is 18.1 Å². The van der Waals surface area contributed by atoms with Crippen molar-refractivity contribution >= 4 is 70.8 Å². The van der Waals surface area contributed by atoms with E-state index in [1.54, 1.807) is 12.4 Å². The lowest BCUT2D eigenvalue weighted by Crippen LogP contribution is -2.58. The monoisotopic (exact) mass is 596 g/mol. The summed E-state index contributed by atoms with van der Waals surface area (Å²) in [5.41, 5.74) is 9.03. The van der Waals surface area contributed by atoms with Crippen LogP contribution in [-0.4, -0.2) is 74.4 Å². The van der Waals surface area contributed by atoms with E-state index in [-0.39, 0.29) is 24.3 Å². The minimum atomic E-state index is -1.25. The Morgan fingerprint density at radius 2 is 1.17 bits per heavy atom. The number of aliphatic carboxylic acids is 1. The number of carboxylic acid groups (broad SMARTS) is 1. The molecule has 0 aliphatic carbocycles. The summed E-state index contributed by atoms with van der Waals surface area (Å²) in [7, 11) is 0. The zero-order valence-corrected chi connectivity index (χ0v) is 23.8. The van der Waals surface area contributed by atoms with Gasteiger partial charge in [-0.15, -0.1) is 0 Å². The van der Waals surface area contributed by atoms with Gasteiger partial charge in [0.05, 0.1) is 6.04 Å². The molecule has 216 valence electrons. The van der Waals surface area contributed by atoms with E-state index < -0.39 is 47.9 Å². The Hall–Kier alpha value is -3.94. The number of fused-ring (bicyclic) bond motifs is 2. The number of hydrogen-bond donors (Lipinski definition) is 9. The number of nitrogens with one attached hydrogen (secondary N) is 5. The van der Waals surface area contributed by atoms with Gasteiger partial charge in [0.15, 0.2) is 0 Å². The highest BCUT2D eigenvalue weighted by atomic mass is 32.1. The van der Waals surface area contributed by atoms with Crippen molar-refractivity contribution in [3.63, 3.8) is 0 Å². The second-order valence-electron chi connectivity index (χ2n) is 9.62. The topological polar surface area (TPSA) is 182 Å². The molecule has 2 heterocycles. The number of hydrogen-bond acceptors (Lipinski definition) is 7. The molecule has 0 spiro atoms. The van der Waals surface area contributed by atoms with E-state index in [4.69, 9.17) is 5.73 Å². The molecule has 4 atom stereocenters. The molecule has 13 heteroatoms. The zero-order valence-electron chi connectivity index (χ0n) is 22.0. The quantitative estimate of drug-likeness (QED) is 0.104. The predicted octanol–water partition coefficient (Wildman–Crippen LogP) is 1.16. The first-order valence-electron chi connectivity index (χ1n) is 12.9. The molecule has 4 rings (SSSR count). The van der Waals surface area contributed by atoms with Crippen LogP contribution in [0.15, 0.2) is 60.9 Å². The van der Waals surface area contributed by atoms with Crippen LogP contribution in [0.3, 0.4) is 0 Å². The van der Waals surface area contributed by atoms with Gasteiger partial charge in [-0.25, -0.2) is 4.79 Å². The van der Waals surface area contributed by atoms with E-state index in [9.17, 15) is 24.3 Å². The molecule has 0 radical (unpaired) electrons. The number of aromatic nitrogens is 2. The van der Waals surface area contributed by atoms with E-state index in [1.807, 2.05) is 48.5 Å². The molecule has 0 bridgehead atoms. The van der Waals surface area contributed by atoms with Gasteiger partial charge in [-0.1, -0.05) is 36.4 Å². The van der Waals surface area contributed by atoms with Crippen LogP contribution in [0, 0.1) is 0 Å². The summed E-state index contributed by atoms with van der Waals surface area (Å²) in [5, 5.41) is 19.3. The van der Waals surface area contributed by atoms with E-state index >= 15 is 0 Å². The number of benzene rings is 2. The van der Waals surface area contributed by atoms with Crippen molar-refractivity contribution in [2.24, 2.45) is 5.73 Å². The fraction of sp³-hybridized carbons (Fsp3) is 0.286. The minimum absolute atomic E-state index is 0.0270. The summed E-state index contributed by atoms with van der Waals surface area (Å²) >= 11 is 8.27. The number of amides is 3. The standard InChI is InChI=1S/C28H32N6O5S2/c29-19(13-40)25(35)32-22(9-15-11-30-20-7-3-1-5-17(15)20)26(36)34-24(14-41)27(37)33-23(28(38)39)10-16-12-31-21-8-4-2-6-18(16)21/h1-8,11-12,19,22-24,30-31,40-41H,9-10,13-14,29H2,(H,32,35)(H,33,37)(H,34,36)(H,38,39)/t19-,22-,23-,24-/m0/s1. The lowest BCUT2D eigenvalue weighted by atomic mass is 10.0.